The normalized spacial score (nSPS) is 8.70. The topological polar surface area (TPSA) is 3.88 Å². The summed E-state index contributed by atoms with van der Waals surface area (Å²) in [6.07, 6.45) is 2.07. The molecule has 0 spiro atoms. The molecule has 0 unspecified atom stereocenters. The molecule has 1 aromatic heterocycles. The van der Waals surface area contributed by atoms with Gasteiger partial charge in [-0.1, -0.05) is 0 Å². The molecule has 1 rings (SSSR count). The molecular weight excluding hydrogens is 146 g/mol. The standard InChI is InChI=1S/C8H12N.ClH/c1-7-4-5-9(3)8(2)6-7;/h4-6H,1-3H3;1H/q+1;/p-1. The summed E-state index contributed by atoms with van der Waals surface area (Å²) in [5.41, 5.74) is 2.63. The number of rotatable bonds is 0. The molecule has 10 heavy (non-hydrogen) atoms. The van der Waals surface area contributed by atoms with Crippen LogP contribution in [0.2, 0.25) is 0 Å². The van der Waals surface area contributed by atoms with Gasteiger partial charge in [0.15, 0.2) is 11.9 Å². The molecule has 0 amide bonds. The third kappa shape index (κ3) is 1.99. The van der Waals surface area contributed by atoms with Crippen LogP contribution in [0, 0.1) is 13.8 Å². The molecule has 1 nitrogen and oxygen atoms in total. The monoisotopic (exact) mass is 157 g/mol. The van der Waals surface area contributed by atoms with Crippen LogP contribution in [0.4, 0.5) is 0 Å². The Bertz CT molecular complexity index is 220. The predicted octanol–water partition coefficient (Wildman–Crippen LogP) is -1.87. The highest BCUT2D eigenvalue weighted by atomic mass is 35.5. The first kappa shape index (κ1) is 9.44. The van der Waals surface area contributed by atoms with Gasteiger partial charge in [-0.25, -0.2) is 4.57 Å². The Labute approximate surface area is 68.1 Å². The van der Waals surface area contributed by atoms with Crippen LogP contribution in [0.5, 0.6) is 0 Å². The molecule has 1 aromatic rings. The summed E-state index contributed by atoms with van der Waals surface area (Å²) in [5, 5.41) is 0. The molecule has 0 aliphatic heterocycles. The van der Waals surface area contributed by atoms with Crippen LogP contribution < -0.4 is 17.0 Å². The number of halogens is 1. The van der Waals surface area contributed by atoms with E-state index in [2.05, 4.69) is 43.8 Å². The van der Waals surface area contributed by atoms with E-state index >= 15 is 0 Å². The Hall–Kier alpha value is -0.560. The Balaban J connectivity index is 0.000000810. The van der Waals surface area contributed by atoms with E-state index in [0.29, 0.717) is 0 Å². The highest BCUT2D eigenvalue weighted by Gasteiger charge is 1.96. The number of hydrogen-bond acceptors (Lipinski definition) is 0. The van der Waals surface area contributed by atoms with Crippen molar-refractivity contribution in [3.05, 3.63) is 29.6 Å². The lowest BCUT2D eigenvalue weighted by molar-refractivity contribution is -0.677. The molecule has 0 fully saturated rings. The van der Waals surface area contributed by atoms with Crippen LogP contribution in [-0.4, -0.2) is 0 Å². The highest BCUT2D eigenvalue weighted by Crippen LogP contribution is 1.94. The summed E-state index contributed by atoms with van der Waals surface area (Å²) >= 11 is 0. The fourth-order valence-electron chi connectivity index (χ4n) is 0.826. The lowest BCUT2D eigenvalue weighted by Gasteiger charge is -1.92. The largest absolute Gasteiger partial charge is 1.00 e. The zero-order valence-corrected chi connectivity index (χ0v) is 7.31. The second-order valence-electron chi connectivity index (χ2n) is 2.46. The van der Waals surface area contributed by atoms with Crippen molar-refractivity contribution in [1.29, 1.82) is 0 Å². The minimum atomic E-state index is 0. The molecule has 0 saturated carbocycles. The summed E-state index contributed by atoms with van der Waals surface area (Å²) in [6.45, 7) is 4.21. The molecule has 0 bridgehead atoms. The molecule has 1 heterocycles. The zero-order chi connectivity index (χ0) is 6.85. The van der Waals surface area contributed by atoms with Gasteiger partial charge in [0.25, 0.3) is 0 Å². The van der Waals surface area contributed by atoms with Gasteiger partial charge in [-0.3, -0.25) is 0 Å². The first-order chi connectivity index (χ1) is 4.20. The lowest BCUT2D eigenvalue weighted by Crippen LogP contribution is -3.00. The molecule has 0 aliphatic carbocycles. The van der Waals surface area contributed by atoms with Gasteiger partial charge in [-0.2, -0.15) is 0 Å². The van der Waals surface area contributed by atoms with Gasteiger partial charge in [-0.05, 0) is 12.5 Å². The smallest absolute Gasteiger partial charge is 0.178 e. The van der Waals surface area contributed by atoms with Crippen molar-refractivity contribution in [2.24, 2.45) is 7.05 Å². The maximum absolute atomic E-state index is 2.17. The molecule has 0 aromatic carbocycles. The van der Waals surface area contributed by atoms with Crippen molar-refractivity contribution in [1.82, 2.24) is 0 Å². The summed E-state index contributed by atoms with van der Waals surface area (Å²) in [6, 6.07) is 4.27. The molecule has 0 radical (unpaired) electrons. The van der Waals surface area contributed by atoms with Gasteiger partial charge in [0, 0.05) is 19.1 Å². The van der Waals surface area contributed by atoms with E-state index in [1.165, 1.54) is 11.3 Å². The fourth-order valence-corrected chi connectivity index (χ4v) is 0.826. The summed E-state index contributed by atoms with van der Waals surface area (Å²) in [5.74, 6) is 0. The van der Waals surface area contributed by atoms with Gasteiger partial charge < -0.3 is 12.4 Å². The van der Waals surface area contributed by atoms with Crippen LogP contribution in [0.3, 0.4) is 0 Å². The summed E-state index contributed by atoms with van der Waals surface area (Å²) in [7, 11) is 2.05. The predicted molar refractivity (Wildman–Crippen MR) is 37.1 cm³/mol. The number of aromatic nitrogens is 1. The van der Waals surface area contributed by atoms with Crippen molar-refractivity contribution < 1.29 is 17.0 Å². The van der Waals surface area contributed by atoms with Crippen LogP contribution in [-0.2, 0) is 7.05 Å². The Morgan fingerprint density at radius 1 is 1.30 bits per heavy atom. The van der Waals surface area contributed by atoms with Gasteiger partial charge in [0.2, 0.25) is 0 Å². The van der Waals surface area contributed by atoms with E-state index in [-0.39, 0.29) is 12.4 Å². The van der Waals surface area contributed by atoms with E-state index in [4.69, 9.17) is 0 Å². The molecule has 2 heteroatoms. The van der Waals surface area contributed by atoms with E-state index in [9.17, 15) is 0 Å². The molecule has 0 aliphatic rings. The van der Waals surface area contributed by atoms with Crippen LogP contribution in [0.15, 0.2) is 18.3 Å². The number of aryl methyl sites for hydroxylation is 3. The first-order valence-electron chi connectivity index (χ1n) is 3.13. The molecular formula is C8H12ClN. The molecule has 0 N–H and O–H groups in total. The van der Waals surface area contributed by atoms with Gasteiger partial charge in [-0.15, -0.1) is 0 Å². The van der Waals surface area contributed by atoms with Gasteiger partial charge >= 0.3 is 0 Å². The third-order valence-electron chi connectivity index (χ3n) is 1.55. The first-order valence-corrected chi connectivity index (χ1v) is 3.13. The van der Waals surface area contributed by atoms with E-state index in [0.717, 1.165) is 0 Å². The van der Waals surface area contributed by atoms with Crippen LogP contribution in [0.1, 0.15) is 11.3 Å². The average Bonchev–Trinajstić information content (AvgIpc) is 1.80. The van der Waals surface area contributed by atoms with Crippen molar-refractivity contribution in [3.8, 4) is 0 Å². The third-order valence-corrected chi connectivity index (χ3v) is 1.55. The quantitative estimate of drug-likeness (QED) is 0.389. The zero-order valence-electron chi connectivity index (χ0n) is 6.56. The Morgan fingerprint density at radius 2 is 1.90 bits per heavy atom. The Kier molecular flexibility index (Phi) is 3.37. The number of pyridine rings is 1. The van der Waals surface area contributed by atoms with Crippen molar-refractivity contribution >= 4 is 0 Å². The molecule has 0 atom stereocenters. The number of nitrogens with zero attached hydrogens (tertiary/aromatic N) is 1. The second kappa shape index (κ2) is 3.57. The van der Waals surface area contributed by atoms with Crippen molar-refractivity contribution in [2.75, 3.05) is 0 Å². The lowest BCUT2D eigenvalue weighted by atomic mass is 10.2. The Morgan fingerprint density at radius 3 is 2.30 bits per heavy atom. The number of hydrogen-bond donors (Lipinski definition) is 0. The summed E-state index contributed by atoms with van der Waals surface area (Å²) < 4.78 is 2.10. The van der Waals surface area contributed by atoms with E-state index in [1.807, 2.05) is 0 Å². The van der Waals surface area contributed by atoms with Gasteiger partial charge in [0.05, 0.1) is 0 Å². The molecule has 56 valence electrons. The molecule has 0 saturated heterocycles. The van der Waals surface area contributed by atoms with Crippen LogP contribution in [0.25, 0.3) is 0 Å². The minimum Gasteiger partial charge on any atom is -1.00 e. The second-order valence-corrected chi connectivity index (χ2v) is 2.46. The minimum absolute atomic E-state index is 0. The fraction of sp³-hybridized carbons (Fsp3) is 0.375. The maximum Gasteiger partial charge on any atom is 0.178 e. The summed E-state index contributed by atoms with van der Waals surface area (Å²) in [4.78, 5) is 0. The highest BCUT2D eigenvalue weighted by molar-refractivity contribution is 5.08. The maximum atomic E-state index is 2.17. The van der Waals surface area contributed by atoms with Crippen molar-refractivity contribution in [2.45, 2.75) is 13.8 Å². The SMILES string of the molecule is Cc1cc[n+](C)c(C)c1.[Cl-]. The van der Waals surface area contributed by atoms with Gasteiger partial charge in [0.1, 0.15) is 7.05 Å². The van der Waals surface area contributed by atoms with Crippen LogP contribution >= 0.6 is 0 Å². The van der Waals surface area contributed by atoms with E-state index in [1.54, 1.807) is 0 Å². The van der Waals surface area contributed by atoms with E-state index < -0.39 is 0 Å². The average molecular weight is 158 g/mol. The van der Waals surface area contributed by atoms with Crippen molar-refractivity contribution in [3.63, 3.8) is 0 Å².